The van der Waals surface area contributed by atoms with E-state index in [0.29, 0.717) is 12.1 Å². The molecule has 5 heteroatoms. The van der Waals surface area contributed by atoms with Gasteiger partial charge in [-0.3, -0.25) is 4.90 Å². The summed E-state index contributed by atoms with van der Waals surface area (Å²) in [6.07, 6.45) is 5.52. The summed E-state index contributed by atoms with van der Waals surface area (Å²) in [5.41, 5.74) is 1.56. The number of para-hydroxylation sites is 1. The molecule has 4 nitrogen and oxygen atoms in total. The number of halogens is 1. The van der Waals surface area contributed by atoms with Crippen molar-refractivity contribution < 1.29 is 9.18 Å². The molecule has 142 valence electrons. The predicted molar refractivity (Wildman–Crippen MR) is 105 cm³/mol. The highest BCUT2D eigenvalue weighted by atomic mass is 19.1. The molecule has 0 aromatic heterocycles. The molecule has 0 radical (unpaired) electrons. The second-order valence-electron chi connectivity index (χ2n) is 7.64. The summed E-state index contributed by atoms with van der Waals surface area (Å²) in [7, 11) is 0. The van der Waals surface area contributed by atoms with Crippen LogP contribution in [0.3, 0.4) is 0 Å². The first kappa shape index (κ1) is 18.0. The van der Waals surface area contributed by atoms with Crippen LogP contribution in [0.15, 0.2) is 54.6 Å². The van der Waals surface area contributed by atoms with Gasteiger partial charge in [-0.1, -0.05) is 48.9 Å². The number of benzene rings is 2. The van der Waals surface area contributed by atoms with Crippen molar-refractivity contribution in [3.8, 4) is 0 Å². The van der Waals surface area contributed by atoms with Crippen molar-refractivity contribution in [2.75, 3.05) is 5.32 Å². The van der Waals surface area contributed by atoms with Crippen LogP contribution in [0.5, 0.6) is 0 Å². The molecule has 0 aliphatic carbocycles. The lowest BCUT2D eigenvalue weighted by Gasteiger charge is -2.49. The van der Waals surface area contributed by atoms with Crippen LogP contribution >= 0.6 is 0 Å². The quantitative estimate of drug-likeness (QED) is 0.834. The molecule has 27 heavy (non-hydrogen) atoms. The van der Waals surface area contributed by atoms with Crippen LogP contribution in [0, 0.1) is 5.82 Å². The van der Waals surface area contributed by atoms with E-state index >= 15 is 0 Å². The first-order valence-electron chi connectivity index (χ1n) is 9.81. The van der Waals surface area contributed by atoms with Crippen LogP contribution in [0.1, 0.15) is 37.7 Å². The summed E-state index contributed by atoms with van der Waals surface area (Å²) in [5, 5.41) is 5.70. The van der Waals surface area contributed by atoms with Crippen molar-refractivity contribution in [1.82, 2.24) is 10.2 Å². The molecule has 4 rings (SSSR count). The van der Waals surface area contributed by atoms with Gasteiger partial charge >= 0.3 is 6.03 Å². The lowest BCUT2D eigenvalue weighted by atomic mass is 9.81. The third-order valence-corrected chi connectivity index (χ3v) is 5.79. The molecule has 2 aromatic carbocycles. The maximum absolute atomic E-state index is 13.7. The number of urea groups is 1. The van der Waals surface area contributed by atoms with Crippen LogP contribution < -0.4 is 10.6 Å². The summed E-state index contributed by atoms with van der Waals surface area (Å²) < 4.78 is 13.7. The van der Waals surface area contributed by atoms with Crippen molar-refractivity contribution in [3.63, 3.8) is 0 Å². The number of piperidine rings is 2. The summed E-state index contributed by atoms with van der Waals surface area (Å²) >= 11 is 0. The number of hydrogen-bond donors (Lipinski definition) is 2. The summed E-state index contributed by atoms with van der Waals surface area (Å²) in [6, 6.07) is 17.7. The molecule has 2 amide bonds. The fourth-order valence-corrected chi connectivity index (χ4v) is 4.56. The number of nitrogens with zero attached hydrogens (tertiary/aromatic N) is 1. The number of amides is 2. The monoisotopic (exact) mass is 367 g/mol. The second kappa shape index (κ2) is 8.09. The Hall–Kier alpha value is -2.40. The first-order valence-corrected chi connectivity index (χ1v) is 9.81. The number of anilines is 1. The maximum Gasteiger partial charge on any atom is 0.319 e. The Morgan fingerprint density at radius 1 is 1.00 bits per heavy atom. The van der Waals surface area contributed by atoms with Gasteiger partial charge in [-0.05, 0) is 43.4 Å². The molecule has 2 heterocycles. The molecule has 0 saturated carbocycles. The smallest absolute Gasteiger partial charge is 0.319 e. The van der Waals surface area contributed by atoms with Crippen LogP contribution in [-0.4, -0.2) is 29.1 Å². The SMILES string of the molecule is O=C(Nc1ccccc1F)NC1C[C@H]2CCC[C@@H](C1)N2Cc1ccccc1. The molecule has 0 spiro atoms. The van der Waals surface area contributed by atoms with E-state index in [0.717, 1.165) is 19.4 Å². The number of hydrogen-bond acceptors (Lipinski definition) is 2. The molecular weight excluding hydrogens is 341 g/mol. The number of rotatable bonds is 4. The van der Waals surface area contributed by atoms with Gasteiger partial charge in [0.1, 0.15) is 5.82 Å². The number of nitrogens with one attached hydrogen (secondary N) is 2. The lowest BCUT2D eigenvalue weighted by molar-refractivity contribution is 0.0200. The zero-order chi connectivity index (χ0) is 18.6. The molecule has 2 N–H and O–H groups in total. The fraction of sp³-hybridized carbons (Fsp3) is 0.409. The van der Waals surface area contributed by atoms with Gasteiger partial charge in [-0.15, -0.1) is 0 Å². The Kier molecular flexibility index (Phi) is 5.39. The van der Waals surface area contributed by atoms with Gasteiger partial charge in [0, 0.05) is 24.7 Å². The van der Waals surface area contributed by atoms with Gasteiger partial charge in [-0.2, -0.15) is 0 Å². The predicted octanol–water partition coefficient (Wildman–Crippen LogP) is 4.53. The Morgan fingerprint density at radius 2 is 1.67 bits per heavy atom. The van der Waals surface area contributed by atoms with Crippen molar-refractivity contribution in [1.29, 1.82) is 0 Å². The zero-order valence-corrected chi connectivity index (χ0v) is 15.4. The average Bonchev–Trinajstić information content (AvgIpc) is 2.65. The molecule has 2 aliphatic heterocycles. The summed E-state index contributed by atoms with van der Waals surface area (Å²) in [6.45, 7) is 0.977. The van der Waals surface area contributed by atoms with Crippen molar-refractivity contribution in [2.45, 2.75) is 56.8 Å². The molecule has 2 aliphatic rings. The maximum atomic E-state index is 13.7. The normalized spacial score (nSPS) is 25.0. The first-order chi connectivity index (χ1) is 13.2. The van der Waals surface area contributed by atoms with E-state index in [4.69, 9.17) is 0 Å². The van der Waals surface area contributed by atoms with Gasteiger partial charge in [0.05, 0.1) is 5.69 Å². The number of carbonyl (C=O) groups is 1. The van der Waals surface area contributed by atoms with Crippen LogP contribution in [0.2, 0.25) is 0 Å². The number of carbonyl (C=O) groups excluding carboxylic acids is 1. The van der Waals surface area contributed by atoms with Crippen molar-refractivity contribution >= 4 is 11.7 Å². The highest BCUT2D eigenvalue weighted by Gasteiger charge is 2.38. The highest BCUT2D eigenvalue weighted by Crippen LogP contribution is 2.35. The minimum absolute atomic E-state index is 0.138. The van der Waals surface area contributed by atoms with Gasteiger partial charge in [0.15, 0.2) is 0 Å². The summed E-state index contributed by atoms with van der Waals surface area (Å²) in [4.78, 5) is 14.9. The van der Waals surface area contributed by atoms with Crippen molar-refractivity contribution in [3.05, 3.63) is 66.0 Å². The zero-order valence-electron chi connectivity index (χ0n) is 15.4. The minimum atomic E-state index is -0.415. The topological polar surface area (TPSA) is 44.4 Å². The largest absolute Gasteiger partial charge is 0.335 e. The molecule has 2 fully saturated rings. The van der Waals surface area contributed by atoms with Gasteiger partial charge in [0.2, 0.25) is 0 Å². The highest BCUT2D eigenvalue weighted by molar-refractivity contribution is 5.89. The van der Waals surface area contributed by atoms with Gasteiger partial charge in [-0.25, -0.2) is 9.18 Å². The standard InChI is InChI=1S/C22H26FN3O/c23-20-11-4-5-12-21(20)25-22(27)24-17-13-18-9-6-10-19(14-17)26(18)15-16-7-2-1-3-8-16/h1-5,7-8,11-12,17-19H,6,9-10,13-15H2,(H2,24,25,27)/t17?,18-,19+. The van der Waals surface area contributed by atoms with E-state index in [1.54, 1.807) is 18.2 Å². The van der Waals surface area contributed by atoms with E-state index in [1.165, 1.54) is 30.9 Å². The number of fused-ring (bicyclic) bond motifs is 2. The third-order valence-electron chi connectivity index (χ3n) is 5.79. The van der Waals surface area contributed by atoms with E-state index in [-0.39, 0.29) is 17.8 Å². The van der Waals surface area contributed by atoms with E-state index in [9.17, 15) is 9.18 Å². The van der Waals surface area contributed by atoms with E-state index in [1.807, 2.05) is 0 Å². The third kappa shape index (κ3) is 4.30. The molecule has 2 saturated heterocycles. The molecular formula is C22H26FN3O. The Labute approximate surface area is 159 Å². The second-order valence-corrected chi connectivity index (χ2v) is 7.64. The van der Waals surface area contributed by atoms with E-state index < -0.39 is 5.82 Å². The van der Waals surface area contributed by atoms with Gasteiger partial charge in [0.25, 0.3) is 0 Å². The molecule has 2 aromatic rings. The Bertz CT molecular complexity index is 768. The van der Waals surface area contributed by atoms with Gasteiger partial charge < -0.3 is 10.6 Å². The average molecular weight is 367 g/mol. The molecule has 3 atom stereocenters. The van der Waals surface area contributed by atoms with E-state index in [2.05, 4.69) is 45.9 Å². The lowest BCUT2D eigenvalue weighted by Crippen LogP contribution is -2.56. The Morgan fingerprint density at radius 3 is 2.37 bits per heavy atom. The minimum Gasteiger partial charge on any atom is -0.335 e. The summed E-state index contributed by atoms with van der Waals surface area (Å²) in [5.74, 6) is -0.415. The molecule has 1 unspecified atom stereocenters. The van der Waals surface area contributed by atoms with Crippen LogP contribution in [0.25, 0.3) is 0 Å². The fourth-order valence-electron chi connectivity index (χ4n) is 4.56. The van der Waals surface area contributed by atoms with Crippen LogP contribution in [0.4, 0.5) is 14.9 Å². The van der Waals surface area contributed by atoms with Crippen LogP contribution in [-0.2, 0) is 6.54 Å². The van der Waals surface area contributed by atoms with Crippen molar-refractivity contribution in [2.24, 2.45) is 0 Å². The Balaban J connectivity index is 1.37. The molecule has 2 bridgehead atoms.